The standard InChI is InChI=1S/C34H33N5O2/c1-41-34(40)31-17-9-16-29(26-12-5-6-13-26)32(31)35-22-24-18-20-27(21-19-24)28-14-7-8-15-30(28)33-36-37-38-39(33)23-25-10-3-2-4-11-25/h2-4,7-11,14-21,26,35H,5-6,12-13,22-23H2,1H3. The van der Waals surface area contributed by atoms with Gasteiger partial charge in [0, 0.05) is 12.1 Å². The highest BCUT2D eigenvalue weighted by atomic mass is 16.5. The maximum atomic E-state index is 12.6. The SMILES string of the molecule is COC(=O)c1cccc(C2CCCC2)c1NCc1ccc(-c2ccccc2-c2nnnn2Cc2ccccc2)cc1. The van der Waals surface area contributed by atoms with Crippen molar-refractivity contribution in [3.8, 4) is 22.5 Å². The molecule has 0 amide bonds. The molecule has 0 saturated heterocycles. The summed E-state index contributed by atoms with van der Waals surface area (Å²) in [5, 5.41) is 16.2. The number of nitrogens with one attached hydrogen (secondary N) is 1. The first kappa shape index (κ1) is 26.4. The number of carbonyl (C=O) groups excluding carboxylic acids is 1. The van der Waals surface area contributed by atoms with Crippen LogP contribution in [-0.4, -0.2) is 33.3 Å². The van der Waals surface area contributed by atoms with Crippen molar-refractivity contribution in [1.29, 1.82) is 0 Å². The normalized spacial score (nSPS) is 13.3. The van der Waals surface area contributed by atoms with Crippen molar-refractivity contribution in [3.05, 3.63) is 119 Å². The Morgan fingerprint density at radius 3 is 2.34 bits per heavy atom. The molecular weight excluding hydrogens is 510 g/mol. The molecule has 41 heavy (non-hydrogen) atoms. The molecule has 5 aromatic rings. The van der Waals surface area contributed by atoms with Gasteiger partial charge in [-0.3, -0.25) is 0 Å². The van der Waals surface area contributed by atoms with Crippen LogP contribution in [0.3, 0.4) is 0 Å². The number of hydrogen-bond acceptors (Lipinski definition) is 6. The van der Waals surface area contributed by atoms with Crippen LogP contribution in [0.5, 0.6) is 0 Å². The van der Waals surface area contributed by atoms with Gasteiger partial charge in [-0.15, -0.1) is 5.10 Å². The van der Waals surface area contributed by atoms with E-state index in [4.69, 9.17) is 4.74 Å². The van der Waals surface area contributed by atoms with Gasteiger partial charge in [-0.25, -0.2) is 9.48 Å². The van der Waals surface area contributed by atoms with Crippen molar-refractivity contribution >= 4 is 11.7 Å². The number of benzene rings is 4. The van der Waals surface area contributed by atoms with Crippen LogP contribution >= 0.6 is 0 Å². The van der Waals surface area contributed by atoms with Crippen LogP contribution in [0.2, 0.25) is 0 Å². The number of methoxy groups -OCH3 is 1. The number of para-hydroxylation sites is 1. The molecule has 0 bridgehead atoms. The quantitative estimate of drug-likeness (QED) is 0.200. The lowest BCUT2D eigenvalue weighted by molar-refractivity contribution is 0.0601. The number of hydrogen-bond donors (Lipinski definition) is 1. The molecule has 0 spiro atoms. The number of esters is 1. The van der Waals surface area contributed by atoms with Gasteiger partial charge in [0.25, 0.3) is 0 Å². The predicted octanol–water partition coefficient (Wildman–Crippen LogP) is 7.11. The molecule has 4 aromatic carbocycles. The number of ether oxygens (including phenoxy) is 1. The summed E-state index contributed by atoms with van der Waals surface area (Å²) in [6.45, 7) is 1.20. The Kier molecular flexibility index (Phi) is 7.85. The molecule has 7 heteroatoms. The van der Waals surface area contributed by atoms with Crippen molar-refractivity contribution in [3.63, 3.8) is 0 Å². The fraction of sp³-hybridized carbons (Fsp3) is 0.235. The summed E-state index contributed by atoms with van der Waals surface area (Å²) in [5.74, 6) is 0.891. The molecule has 1 N–H and O–H groups in total. The van der Waals surface area contributed by atoms with E-state index in [0.717, 1.165) is 52.2 Å². The van der Waals surface area contributed by atoms with Gasteiger partial charge in [0.05, 0.1) is 24.9 Å². The van der Waals surface area contributed by atoms with Gasteiger partial charge in [0.2, 0.25) is 0 Å². The van der Waals surface area contributed by atoms with Crippen molar-refractivity contribution in [1.82, 2.24) is 20.2 Å². The maximum Gasteiger partial charge on any atom is 0.339 e. The van der Waals surface area contributed by atoms with Crippen LogP contribution in [0.1, 0.15) is 58.6 Å². The van der Waals surface area contributed by atoms with E-state index in [1.807, 2.05) is 47.1 Å². The average molecular weight is 544 g/mol. The van der Waals surface area contributed by atoms with Crippen molar-refractivity contribution in [2.45, 2.75) is 44.7 Å². The number of anilines is 1. The minimum absolute atomic E-state index is 0.311. The van der Waals surface area contributed by atoms with Crippen LogP contribution in [-0.2, 0) is 17.8 Å². The van der Waals surface area contributed by atoms with E-state index in [9.17, 15) is 4.79 Å². The Labute approximate surface area is 240 Å². The highest BCUT2D eigenvalue weighted by Crippen LogP contribution is 2.39. The number of tetrazole rings is 1. The average Bonchev–Trinajstić information content (AvgIpc) is 3.73. The van der Waals surface area contributed by atoms with Gasteiger partial charge < -0.3 is 10.1 Å². The molecule has 6 rings (SSSR count). The summed E-state index contributed by atoms with van der Waals surface area (Å²) in [4.78, 5) is 12.6. The summed E-state index contributed by atoms with van der Waals surface area (Å²) in [5.41, 5.74) is 8.09. The smallest absolute Gasteiger partial charge is 0.339 e. The lowest BCUT2D eigenvalue weighted by Crippen LogP contribution is -2.12. The molecule has 1 aliphatic rings. The van der Waals surface area contributed by atoms with Crippen LogP contribution in [0.4, 0.5) is 5.69 Å². The molecule has 1 aromatic heterocycles. The van der Waals surface area contributed by atoms with Gasteiger partial charge >= 0.3 is 5.97 Å². The van der Waals surface area contributed by atoms with Crippen LogP contribution < -0.4 is 5.32 Å². The molecule has 1 fully saturated rings. The van der Waals surface area contributed by atoms with Gasteiger partial charge in [0.1, 0.15) is 0 Å². The molecule has 0 radical (unpaired) electrons. The van der Waals surface area contributed by atoms with E-state index in [1.165, 1.54) is 25.5 Å². The highest BCUT2D eigenvalue weighted by Gasteiger charge is 2.24. The lowest BCUT2D eigenvalue weighted by Gasteiger charge is -2.20. The topological polar surface area (TPSA) is 81.9 Å². The Balaban J connectivity index is 1.24. The fourth-order valence-electron chi connectivity index (χ4n) is 5.81. The predicted molar refractivity (Wildman–Crippen MR) is 161 cm³/mol. The molecule has 7 nitrogen and oxygen atoms in total. The number of rotatable bonds is 9. The first-order chi connectivity index (χ1) is 20.2. The van der Waals surface area contributed by atoms with Crippen LogP contribution in [0.25, 0.3) is 22.5 Å². The largest absolute Gasteiger partial charge is 0.465 e. The fourth-order valence-corrected chi connectivity index (χ4v) is 5.81. The Hall–Kier alpha value is -4.78. The van der Waals surface area contributed by atoms with Crippen molar-refractivity contribution in [2.75, 3.05) is 12.4 Å². The molecule has 1 heterocycles. The van der Waals surface area contributed by atoms with Gasteiger partial charge in [-0.05, 0) is 63.1 Å². The summed E-state index contributed by atoms with van der Waals surface area (Å²) >= 11 is 0. The zero-order valence-electron chi connectivity index (χ0n) is 23.2. The molecule has 206 valence electrons. The summed E-state index contributed by atoms with van der Waals surface area (Å²) in [7, 11) is 1.44. The first-order valence-electron chi connectivity index (χ1n) is 14.1. The zero-order valence-corrected chi connectivity index (χ0v) is 23.2. The third-order valence-electron chi connectivity index (χ3n) is 7.91. The van der Waals surface area contributed by atoms with Gasteiger partial charge in [-0.1, -0.05) is 104 Å². The summed E-state index contributed by atoms with van der Waals surface area (Å²) in [6, 6.07) is 32.9. The molecule has 0 unspecified atom stereocenters. The Morgan fingerprint density at radius 2 is 1.59 bits per heavy atom. The van der Waals surface area contributed by atoms with E-state index in [-0.39, 0.29) is 5.97 Å². The highest BCUT2D eigenvalue weighted by molar-refractivity contribution is 5.96. The third kappa shape index (κ3) is 5.75. The van der Waals surface area contributed by atoms with E-state index < -0.39 is 0 Å². The summed E-state index contributed by atoms with van der Waals surface area (Å²) < 4.78 is 6.94. The molecule has 1 saturated carbocycles. The third-order valence-corrected chi connectivity index (χ3v) is 7.91. The van der Waals surface area contributed by atoms with Gasteiger partial charge in [-0.2, -0.15) is 0 Å². The van der Waals surface area contributed by atoms with E-state index >= 15 is 0 Å². The minimum atomic E-state index is -0.311. The van der Waals surface area contributed by atoms with E-state index in [2.05, 4.69) is 75.4 Å². The number of carbonyl (C=O) groups is 1. The second-order valence-corrected chi connectivity index (χ2v) is 10.5. The van der Waals surface area contributed by atoms with Crippen molar-refractivity contribution in [2.24, 2.45) is 0 Å². The maximum absolute atomic E-state index is 12.6. The van der Waals surface area contributed by atoms with Gasteiger partial charge in [0.15, 0.2) is 5.82 Å². The molecular formula is C34H33N5O2. The zero-order chi connectivity index (χ0) is 28.0. The molecule has 0 atom stereocenters. The Bertz CT molecular complexity index is 1620. The molecule has 1 aliphatic carbocycles. The summed E-state index contributed by atoms with van der Waals surface area (Å²) in [6.07, 6.45) is 4.77. The monoisotopic (exact) mass is 543 g/mol. The van der Waals surface area contributed by atoms with Crippen LogP contribution in [0, 0.1) is 0 Å². The van der Waals surface area contributed by atoms with E-state index in [1.54, 1.807) is 0 Å². The lowest BCUT2D eigenvalue weighted by atomic mass is 9.93. The van der Waals surface area contributed by atoms with Crippen molar-refractivity contribution < 1.29 is 9.53 Å². The number of nitrogens with zero attached hydrogens (tertiary/aromatic N) is 4. The Morgan fingerprint density at radius 1 is 0.854 bits per heavy atom. The number of aromatic nitrogens is 4. The second-order valence-electron chi connectivity index (χ2n) is 10.5. The molecule has 0 aliphatic heterocycles. The second kappa shape index (κ2) is 12.2. The minimum Gasteiger partial charge on any atom is -0.465 e. The van der Waals surface area contributed by atoms with E-state index in [0.29, 0.717) is 24.6 Å². The van der Waals surface area contributed by atoms with Crippen LogP contribution in [0.15, 0.2) is 97.1 Å². The first-order valence-corrected chi connectivity index (χ1v) is 14.1.